The topological polar surface area (TPSA) is 38.9 Å². The van der Waals surface area contributed by atoms with Gasteiger partial charge in [0.1, 0.15) is 0 Å². The molecule has 3 rings (SSSR count). The van der Waals surface area contributed by atoms with Crippen LogP contribution >= 0.6 is 0 Å². The van der Waals surface area contributed by atoms with Gasteiger partial charge in [-0.05, 0) is 34.9 Å². The fourth-order valence-corrected chi connectivity index (χ4v) is 2.17. The molecule has 0 atom stereocenters. The van der Waals surface area contributed by atoms with E-state index < -0.39 is 0 Å². The predicted octanol–water partition coefficient (Wildman–Crippen LogP) is 4.00. The van der Waals surface area contributed by atoms with Crippen LogP contribution in [0.5, 0.6) is 0 Å². The van der Waals surface area contributed by atoms with Gasteiger partial charge in [0.15, 0.2) is 0 Å². The summed E-state index contributed by atoms with van der Waals surface area (Å²) in [5, 5.41) is 0. The van der Waals surface area contributed by atoms with Gasteiger partial charge in [0, 0.05) is 23.6 Å². The summed E-state index contributed by atoms with van der Waals surface area (Å²) in [6.07, 6.45) is 3.58. The molecule has 0 aliphatic carbocycles. The van der Waals surface area contributed by atoms with Crippen LogP contribution in [0.15, 0.2) is 73.1 Å². The maximum atomic E-state index is 6.18. The second-order valence-electron chi connectivity index (χ2n) is 4.40. The van der Waals surface area contributed by atoms with Gasteiger partial charge >= 0.3 is 0 Å². The van der Waals surface area contributed by atoms with E-state index >= 15 is 0 Å². The average molecular weight is 246 g/mol. The van der Waals surface area contributed by atoms with E-state index in [1.807, 2.05) is 36.4 Å². The molecule has 0 aliphatic rings. The summed E-state index contributed by atoms with van der Waals surface area (Å²) >= 11 is 0. The largest absolute Gasteiger partial charge is 0.398 e. The van der Waals surface area contributed by atoms with Gasteiger partial charge in [-0.15, -0.1) is 0 Å². The van der Waals surface area contributed by atoms with Crippen molar-refractivity contribution in [2.75, 3.05) is 5.73 Å². The minimum absolute atomic E-state index is 0.792. The first kappa shape index (κ1) is 11.5. The number of nitrogens with zero attached hydrogens (tertiary/aromatic N) is 1. The number of pyridine rings is 1. The molecule has 19 heavy (non-hydrogen) atoms. The number of hydrogen-bond acceptors (Lipinski definition) is 2. The van der Waals surface area contributed by atoms with E-state index in [9.17, 15) is 0 Å². The van der Waals surface area contributed by atoms with Gasteiger partial charge in [0.25, 0.3) is 0 Å². The Hall–Kier alpha value is -2.61. The number of benzene rings is 2. The maximum Gasteiger partial charge on any atom is 0.0399 e. The first-order chi connectivity index (χ1) is 9.34. The Labute approximate surface area is 112 Å². The Balaban J connectivity index is 2.04. The lowest BCUT2D eigenvalue weighted by Crippen LogP contribution is -1.91. The zero-order chi connectivity index (χ0) is 13.1. The molecule has 0 aliphatic heterocycles. The van der Waals surface area contributed by atoms with Gasteiger partial charge in [-0.25, -0.2) is 0 Å². The van der Waals surface area contributed by atoms with Gasteiger partial charge in [-0.3, -0.25) is 4.98 Å². The summed E-state index contributed by atoms with van der Waals surface area (Å²) in [6.45, 7) is 0. The molecule has 0 saturated heterocycles. The highest BCUT2D eigenvalue weighted by atomic mass is 14.6. The Bertz CT molecular complexity index is 676. The SMILES string of the molecule is Nc1cc(-c2ccncc2)ccc1-c1ccccc1. The molecule has 1 aromatic heterocycles. The van der Waals surface area contributed by atoms with Gasteiger partial charge in [-0.1, -0.05) is 42.5 Å². The molecule has 2 nitrogen and oxygen atoms in total. The highest BCUT2D eigenvalue weighted by Crippen LogP contribution is 2.30. The van der Waals surface area contributed by atoms with Crippen molar-refractivity contribution in [1.82, 2.24) is 4.98 Å². The summed E-state index contributed by atoms with van der Waals surface area (Å²) in [7, 11) is 0. The van der Waals surface area contributed by atoms with E-state index in [-0.39, 0.29) is 0 Å². The van der Waals surface area contributed by atoms with Gasteiger partial charge < -0.3 is 5.73 Å². The molecule has 2 N–H and O–H groups in total. The smallest absolute Gasteiger partial charge is 0.0399 e. The Morgan fingerprint density at radius 2 is 1.42 bits per heavy atom. The van der Waals surface area contributed by atoms with Crippen LogP contribution in [-0.2, 0) is 0 Å². The molecule has 3 aromatic rings. The standard InChI is InChI=1S/C17H14N2/c18-17-12-15(13-8-10-19-11-9-13)6-7-16(17)14-4-2-1-3-5-14/h1-12H,18H2. The van der Waals surface area contributed by atoms with Crippen molar-refractivity contribution in [3.8, 4) is 22.3 Å². The van der Waals surface area contributed by atoms with Crippen LogP contribution in [0.1, 0.15) is 0 Å². The van der Waals surface area contributed by atoms with Crippen LogP contribution in [0.2, 0.25) is 0 Å². The third kappa shape index (κ3) is 2.33. The van der Waals surface area contributed by atoms with E-state index in [1.165, 1.54) is 0 Å². The quantitative estimate of drug-likeness (QED) is 0.694. The predicted molar refractivity (Wildman–Crippen MR) is 79.5 cm³/mol. The lowest BCUT2D eigenvalue weighted by molar-refractivity contribution is 1.33. The van der Waals surface area contributed by atoms with Crippen LogP contribution in [0.25, 0.3) is 22.3 Å². The van der Waals surface area contributed by atoms with E-state index in [0.717, 1.165) is 27.9 Å². The molecular formula is C17H14N2. The number of hydrogen-bond donors (Lipinski definition) is 1. The first-order valence-electron chi connectivity index (χ1n) is 6.20. The summed E-state index contributed by atoms with van der Waals surface area (Å²) in [5.41, 5.74) is 11.4. The number of rotatable bonds is 2. The van der Waals surface area contributed by atoms with Gasteiger partial charge in [0.05, 0.1) is 0 Å². The third-order valence-corrected chi connectivity index (χ3v) is 3.15. The molecule has 0 unspecified atom stereocenters. The third-order valence-electron chi connectivity index (χ3n) is 3.15. The van der Waals surface area contributed by atoms with Crippen LogP contribution in [0.4, 0.5) is 5.69 Å². The van der Waals surface area contributed by atoms with Crippen LogP contribution in [0, 0.1) is 0 Å². The second kappa shape index (κ2) is 4.94. The molecule has 0 spiro atoms. The van der Waals surface area contributed by atoms with Crippen molar-refractivity contribution in [2.45, 2.75) is 0 Å². The minimum Gasteiger partial charge on any atom is -0.398 e. The Morgan fingerprint density at radius 3 is 2.11 bits per heavy atom. The van der Waals surface area contributed by atoms with Gasteiger partial charge in [-0.2, -0.15) is 0 Å². The van der Waals surface area contributed by atoms with Crippen molar-refractivity contribution in [1.29, 1.82) is 0 Å². The molecule has 2 aromatic carbocycles. The van der Waals surface area contributed by atoms with Crippen LogP contribution in [-0.4, -0.2) is 4.98 Å². The fraction of sp³-hybridized carbons (Fsp3) is 0. The lowest BCUT2D eigenvalue weighted by atomic mass is 9.99. The second-order valence-corrected chi connectivity index (χ2v) is 4.40. The number of anilines is 1. The summed E-state index contributed by atoms with van der Waals surface area (Å²) in [6, 6.07) is 20.3. The van der Waals surface area contributed by atoms with Crippen molar-refractivity contribution in [2.24, 2.45) is 0 Å². The monoisotopic (exact) mass is 246 g/mol. The van der Waals surface area contributed by atoms with Crippen LogP contribution < -0.4 is 5.73 Å². The van der Waals surface area contributed by atoms with Crippen molar-refractivity contribution >= 4 is 5.69 Å². The van der Waals surface area contributed by atoms with Gasteiger partial charge in [0.2, 0.25) is 0 Å². The normalized spacial score (nSPS) is 10.3. The summed E-state index contributed by atoms with van der Waals surface area (Å²) < 4.78 is 0. The molecule has 2 heteroatoms. The van der Waals surface area contributed by atoms with Crippen LogP contribution in [0.3, 0.4) is 0 Å². The van der Waals surface area contributed by atoms with Crippen molar-refractivity contribution in [3.63, 3.8) is 0 Å². The molecule has 0 fully saturated rings. The number of nitrogen functional groups attached to an aromatic ring is 1. The molecular weight excluding hydrogens is 232 g/mol. The highest BCUT2D eigenvalue weighted by Gasteiger charge is 2.04. The zero-order valence-electron chi connectivity index (χ0n) is 10.5. The average Bonchev–Trinajstić information content (AvgIpc) is 2.49. The van der Waals surface area contributed by atoms with Crippen molar-refractivity contribution in [3.05, 3.63) is 73.1 Å². The molecule has 0 saturated carbocycles. The maximum absolute atomic E-state index is 6.18. The first-order valence-corrected chi connectivity index (χ1v) is 6.20. The van der Waals surface area contributed by atoms with Crippen molar-refractivity contribution < 1.29 is 0 Å². The molecule has 0 bridgehead atoms. The number of nitrogens with two attached hydrogens (primary N) is 1. The summed E-state index contributed by atoms with van der Waals surface area (Å²) in [5.74, 6) is 0. The molecule has 1 heterocycles. The zero-order valence-corrected chi connectivity index (χ0v) is 10.5. The van der Waals surface area contributed by atoms with E-state index in [4.69, 9.17) is 5.73 Å². The minimum atomic E-state index is 0.792. The van der Waals surface area contributed by atoms with E-state index in [2.05, 4.69) is 29.2 Å². The molecule has 0 amide bonds. The Kier molecular flexibility index (Phi) is 2.99. The molecule has 0 radical (unpaired) electrons. The summed E-state index contributed by atoms with van der Waals surface area (Å²) in [4.78, 5) is 4.03. The number of aromatic nitrogens is 1. The van der Waals surface area contributed by atoms with E-state index in [1.54, 1.807) is 12.4 Å². The van der Waals surface area contributed by atoms with E-state index in [0.29, 0.717) is 0 Å². The lowest BCUT2D eigenvalue weighted by Gasteiger charge is -2.08. The molecule has 92 valence electrons. The Morgan fingerprint density at radius 1 is 0.684 bits per heavy atom. The fourth-order valence-electron chi connectivity index (χ4n) is 2.17. The highest BCUT2D eigenvalue weighted by molar-refractivity contribution is 5.81.